The molecule has 2 rings (SSSR count). The number of halogens is 1. The summed E-state index contributed by atoms with van der Waals surface area (Å²) in [6.45, 7) is 2.50. The number of nitrogens with one attached hydrogen (secondary N) is 1. The molecule has 10 heteroatoms. The van der Waals surface area contributed by atoms with Crippen LogP contribution in [0.1, 0.15) is 26.5 Å². The number of esters is 2. The van der Waals surface area contributed by atoms with Gasteiger partial charge in [-0.25, -0.2) is 4.79 Å². The lowest BCUT2D eigenvalue weighted by atomic mass is 10.2. The first-order chi connectivity index (χ1) is 10.8. The Balaban J connectivity index is 2.27. The number of aromatic nitrogens is 2. The fourth-order valence-electron chi connectivity index (χ4n) is 2.25. The van der Waals surface area contributed by atoms with Gasteiger partial charge >= 0.3 is 17.6 Å². The van der Waals surface area contributed by atoms with Crippen LogP contribution in [0.25, 0.3) is 0 Å². The van der Waals surface area contributed by atoms with Gasteiger partial charge in [0.2, 0.25) is 0 Å². The van der Waals surface area contributed by atoms with Crippen LogP contribution < -0.4 is 11.2 Å². The lowest BCUT2D eigenvalue weighted by Gasteiger charge is -2.20. The predicted octanol–water partition coefficient (Wildman–Crippen LogP) is -0.0765. The summed E-state index contributed by atoms with van der Waals surface area (Å²) >= 11 is 1.78. The minimum absolute atomic E-state index is 0.0151. The molecular formula is C13H15IN2O7. The molecule has 0 aliphatic carbocycles. The van der Waals surface area contributed by atoms with Gasteiger partial charge in [-0.3, -0.25) is 23.9 Å². The minimum atomic E-state index is -0.905. The molecule has 1 fully saturated rings. The zero-order valence-corrected chi connectivity index (χ0v) is 14.6. The second-order valence-corrected chi connectivity index (χ2v) is 6.14. The summed E-state index contributed by atoms with van der Waals surface area (Å²) in [7, 11) is 0. The number of carbonyl (C=O) groups is 2. The highest BCUT2D eigenvalue weighted by Gasteiger charge is 2.40. The molecule has 3 atom stereocenters. The molecule has 23 heavy (non-hydrogen) atoms. The number of aromatic amines is 1. The SMILES string of the molecule is CC(=O)OC[C@@H]1C[C@@H](OC(C)=O)[C@H](n2cc(I)c(=O)[nH]c2=O)O1. The van der Waals surface area contributed by atoms with E-state index in [1.807, 2.05) is 0 Å². The van der Waals surface area contributed by atoms with E-state index in [1.54, 1.807) is 22.6 Å². The van der Waals surface area contributed by atoms with E-state index in [0.717, 1.165) is 4.57 Å². The van der Waals surface area contributed by atoms with Crippen LogP contribution in [-0.2, 0) is 23.8 Å². The highest BCUT2D eigenvalue weighted by Crippen LogP contribution is 2.30. The van der Waals surface area contributed by atoms with Crippen LogP contribution in [-0.4, -0.2) is 40.3 Å². The fourth-order valence-corrected chi connectivity index (χ4v) is 2.68. The number of rotatable bonds is 4. The van der Waals surface area contributed by atoms with Crippen LogP contribution in [0.2, 0.25) is 0 Å². The zero-order valence-electron chi connectivity index (χ0n) is 12.4. The summed E-state index contributed by atoms with van der Waals surface area (Å²) < 4.78 is 17.2. The molecule has 0 saturated carbocycles. The van der Waals surface area contributed by atoms with Gasteiger partial charge in [0.05, 0.1) is 9.67 Å². The molecule has 2 heterocycles. The Bertz CT molecular complexity index is 726. The van der Waals surface area contributed by atoms with E-state index in [2.05, 4.69) is 4.98 Å². The van der Waals surface area contributed by atoms with Gasteiger partial charge in [-0.1, -0.05) is 0 Å². The number of nitrogens with zero attached hydrogens (tertiary/aromatic N) is 1. The summed E-state index contributed by atoms with van der Waals surface area (Å²) in [6.07, 6.45) is -0.564. The van der Waals surface area contributed by atoms with Crippen molar-refractivity contribution in [3.8, 4) is 0 Å². The summed E-state index contributed by atoms with van der Waals surface area (Å²) in [5, 5.41) is 0. The van der Waals surface area contributed by atoms with Gasteiger partial charge in [0.25, 0.3) is 5.56 Å². The van der Waals surface area contributed by atoms with E-state index in [-0.39, 0.29) is 16.6 Å². The summed E-state index contributed by atoms with van der Waals surface area (Å²) in [5.41, 5.74) is -1.18. The van der Waals surface area contributed by atoms with Gasteiger partial charge in [-0.2, -0.15) is 0 Å². The Morgan fingerprint density at radius 1 is 1.39 bits per heavy atom. The molecule has 9 nitrogen and oxygen atoms in total. The molecule has 0 unspecified atom stereocenters. The second kappa shape index (κ2) is 7.25. The van der Waals surface area contributed by atoms with E-state index in [4.69, 9.17) is 14.2 Å². The molecule has 1 aliphatic heterocycles. The third kappa shape index (κ3) is 4.41. The van der Waals surface area contributed by atoms with Crippen molar-refractivity contribution in [2.24, 2.45) is 0 Å². The molecule has 0 aromatic carbocycles. The number of ether oxygens (including phenoxy) is 3. The first-order valence-corrected chi connectivity index (χ1v) is 7.83. The topological polar surface area (TPSA) is 117 Å². The van der Waals surface area contributed by atoms with Crippen LogP contribution in [0.5, 0.6) is 0 Å². The maximum Gasteiger partial charge on any atom is 0.330 e. The number of carbonyl (C=O) groups excluding carboxylic acids is 2. The molecular weight excluding hydrogens is 423 g/mol. The van der Waals surface area contributed by atoms with Crippen molar-refractivity contribution in [1.29, 1.82) is 0 Å². The first-order valence-electron chi connectivity index (χ1n) is 6.75. The van der Waals surface area contributed by atoms with Crippen molar-refractivity contribution in [2.45, 2.75) is 38.7 Å². The molecule has 1 saturated heterocycles. The minimum Gasteiger partial charge on any atom is -0.463 e. The first kappa shape index (κ1) is 17.7. The molecule has 126 valence electrons. The van der Waals surface area contributed by atoms with Crippen LogP contribution in [0.3, 0.4) is 0 Å². The summed E-state index contributed by atoms with van der Waals surface area (Å²) in [5.74, 6) is -0.985. The molecule has 0 amide bonds. The summed E-state index contributed by atoms with van der Waals surface area (Å²) in [4.78, 5) is 47.7. The maximum atomic E-state index is 12.0. The normalized spacial score (nSPS) is 23.5. The van der Waals surface area contributed by atoms with Crippen molar-refractivity contribution < 1.29 is 23.8 Å². The standard InChI is InChI=1S/C13H15IN2O7/c1-6(17)21-5-8-3-10(22-7(2)18)12(23-8)16-4-9(14)11(19)15-13(16)20/h4,8,10,12H,3,5H2,1-2H3,(H,15,19,20)/t8-,10+,12+/m0/s1. The zero-order chi connectivity index (χ0) is 17.1. The van der Waals surface area contributed by atoms with Gasteiger partial charge in [-0.05, 0) is 22.6 Å². The van der Waals surface area contributed by atoms with Crippen molar-refractivity contribution >= 4 is 34.5 Å². The Hall–Kier alpha value is -1.69. The average molecular weight is 438 g/mol. The number of hydrogen-bond acceptors (Lipinski definition) is 7. The van der Waals surface area contributed by atoms with E-state index < -0.39 is 41.6 Å². The van der Waals surface area contributed by atoms with E-state index >= 15 is 0 Å². The van der Waals surface area contributed by atoms with Gasteiger partial charge in [0.1, 0.15) is 12.7 Å². The van der Waals surface area contributed by atoms with Gasteiger partial charge < -0.3 is 14.2 Å². The molecule has 0 bridgehead atoms. The molecule has 0 spiro atoms. The highest BCUT2D eigenvalue weighted by atomic mass is 127. The number of H-pyrrole nitrogens is 1. The predicted molar refractivity (Wildman–Crippen MR) is 84.8 cm³/mol. The lowest BCUT2D eigenvalue weighted by molar-refractivity contribution is -0.153. The molecule has 1 aromatic heterocycles. The van der Waals surface area contributed by atoms with Crippen molar-refractivity contribution in [3.63, 3.8) is 0 Å². The Morgan fingerprint density at radius 2 is 2.09 bits per heavy atom. The van der Waals surface area contributed by atoms with Crippen molar-refractivity contribution in [1.82, 2.24) is 9.55 Å². The molecule has 0 radical (unpaired) electrons. The van der Waals surface area contributed by atoms with Gasteiger partial charge in [0, 0.05) is 26.5 Å². The average Bonchev–Trinajstić information content (AvgIpc) is 2.82. The quantitative estimate of drug-likeness (QED) is 0.517. The molecule has 1 aliphatic rings. The van der Waals surface area contributed by atoms with Crippen LogP contribution >= 0.6 is 22.6 Å². The fraction of sp³-hybridized carbons (Fsp3) is 0.538. The van der Waals surface area contributed by atoms with Gasteiger partial charge in [-0.15, -0.1) is 0 Å². The maximum absolute atomic E-state index is 12.0. The highest BCUT2D eigenvalue weighted by molar-refractivity contribution is 14.1. The number of hydrogen-bond donors (Lipinski definition) is 1. The van der Waals surface area contributed by atoms with Crippen molar-refractivity contribution in [3.05, 3.63) is 30.6 Å². The van der Waals surface area contributed by atoms with E-state index in [9.17, 15) is 19.2 Å². The third-order valence-electron chi connectivity index (χ3n) is 3.13. The van der Waals surface area contributed by atoms with Crippen molar-refractivity contribution in [2.75, 3.05) is 6.61 Å². The molecule has 1 N–H and O–H groups in total. The summed E-state index contributed by atoms with van der Waals surface area (Å²) in [6, 6.07) is 0. The Labute approximate surface area is 144 Å². The van der Waals surface area contributed by atoms with Gasteiger partial charge in [0.15, 0.2) is 6.23 Å². The Morgan fingerprint density at radius 3 is 2.70 bits per heavy atom. The lowest BCUT2D eigenvalue weighted by Crippen LogP contribution is -2.37. The monoisotopic (exact) mass is 438 g/mol. The van der Waals surface area contributed by atoms with Crippen LogP contribution in [0, 0.1) is 3.57 Å². The Kier molecular flexibility index (Phi) is 5.57. The van der Waals surface area contributed by atoms with Crippen LogP contribution in [0.15, 0.2) is 15.8 Å². The van der Waals surface area contributed by atoms with E-state index in [1.165, 1.54) is 20.0 Å². The largest absolute Gasteiger partial charge is 0.463 e. The van der Waals surface area contributed by atoms with E-state index in [0.29, 0.717) is 0 Å². The second-order valence-electron chi connectivity index (χ2n) is 4.98. The smallest absolute Gasteiger partial charge is 0.330 e. The molecule has 1 aromatic rings. The third-order valence-corrected chi connectivity index (χ3v) is 3.90. The van der Waals surface area contributed by atoms with Crippen LogP contribution in [0.4, 0.5) is 0 Å².